The van der Waals surface area contributed by atoms with Gasteiger partial charge in [0.15, 0.2) is 0 Å². The average molecular weight is 237 g/mol. The SMILES string of the molecule is CCCN(CC)CCNC1CCCCC1C#N. The number of hydrogen-bond donors (Lipinski definition) is 1. The van der Waals surface area contributed by atoms with Gasteiger partial charge < -0.3 is 10.2 Å². The highest BCUT2D eigenvalue weighted by atomic mass is 15.1. The van der Waals surface area contributed by atoms with Crippen molar-refractivity contribution in [3.63, 3.8) is 0 Å². The number of nitrogens with one attached hydrogen (secondary N) is 1. The molecule has 3 heteroatoms. The maximum atomic E-state index is 9.10. The van der Waals surface area contributed by atoms with Crippen LogP contribution in [-0.2, 0) is 0 Å². The van der Waals surface area contributed by atoms with Crippen molar-refractivity contribution in [2.75, 3.05) is 26.2 Å². The summed E-state index contributed by atoms with van der Waals surface area (Å²) in [6, 6.07) is 2.89. The molecule has 1 aliphatic carbocycles. The van der Waals surface area contributed by atoms with Gasteiger partial charge in [0.05, 0.1) is 12.0 Å². The summed E-state index contributed by atoms with van der Waals surface area (Å²) in [4.78, 5) is 2.47. The quantitative estimate of drug-likeness (QED) is 0.739. The van der Waals surface area contributed by atoms with Crippen molar-refractivity contribution in [2.24, 2.45) is 5.92 Å². The minimum Gasteiger partial charge on any atom is -0.311 e. The van der Waals surface area contributed by atoms with E-state index in [1.165, 1.54) is 32.2 Å². The van der Waals surface area contributed by atoms with Crippen molar-refractivity contribution in [1.29, 1.82) is 5.26 Å². The van der Waals surface area contributed by atoms with E-state index in [2.05, 4.69) is 30.1 Å². The second kappa shape index (κ2) is 8.49. The van der Waals surface area contributed by atoms with Gasteiger partial charge in [-0.05, 0) is 32.4 Å². The Morgan fingerprint density at radius 1 is 1.24 bits per heavy atom. The third kappa shape index (κ3) is 5.06. The van der Waals surface area contributed by atoms with E-state index in [1.807, 2.05) is 0 Å². The van der Waals surface area contributed by atoms with Gasteiger partial charge in [-0.15, -0.1) is 0 Å². The summed E-state index contributed by atoms with van der Waals surface area (Å²) in [5.74, 6) is 0.241. The van der Waals surface area contributed by atoms with Crippen molar-refractivity contribution in [3.8, 4) is 6.07 Å². The van der Waals surface area contributed by atoms with Gasteiger partial charge in [-0.3, -0.25) is 0 Å². The number of likely N-dealkylation sites (N-methyl/N-ethyl adjacent to an activating group) is 1. The topological polar surface area (TPSA) is 39.1 Å². The van der Waals surface area contributed by atoms with E-state index in [9.17, 15) is 0 Å². The molecule has 98 valence electrons. The number of rotatable bonds is 7. The molecule has 0 aromatic rings. The molecule has 0 amide bonds. The van der Waals surface area contributed by atoms with Gasteiger partial charge in [0.25, 0.3) is 0 Å². The Balaban J connectivity index is 2.22. The van der Waals surface area contributed by atoms with Crippen LogP contribution in [0.3, 0.4) is 0 Å². The van der Waals surface area contributed by atoms with Crippen LogP contribution in [0.25, 0.3) is 0 Å². The molecular weight excluding hydrogens is 210 g/mol. The molecule has 1 rings (SSSR count). The van der Waals surface area contributed by atoms with Crippen LogP contribution >= 0.6 is 0 Å². The third-order valence-electron chi connectivity index (χ3n) is 3.75. The largest absolute Gasteiger partial charge is 0.311 e. The van der Waals surface area contributed by atoms with Gasteiger partial charge in [-0.1, -0.05) is 26.7 Å². The molecule has 2 unspecified atom stereocenters. The molecule has 1 fully saturated rings. The van der Waals surface area contributed by atoms with Gasteiger partial charge in [0.1, 0.15) is 0 Å². The highest BCUT2D eigenvalue weighted by Crippen LogP contribution is 2.23. The lowest BCUT2D eigenvalue weighted by molar-refractivity contribution is 0.260. The fraction of sp³-hybridized carbons (Fsp3) is 0.929. The van der Waals surface area contributed by atoms with Crippen LogP contribution in [0.2, 0.25) is 0 Å². The van der Waals surface area contributed by atoms with Gasteiger partial charge in [-0.2, -0.15) is 5.26 Å². The number of nitrogens with zero attached hydrogens (tertiary/aromatic N) is 2. The van der Waals surface area contributed by atoms with Crippen LogP contribution in [0.4, 0.5) is 0 Å². The predicted octanol–water partition coefficient (Wildman–Crippen LogP) is 2.39. The smallest absolute Gasteiger partial charge is 0.0672 e. The highest BCUT2D eigenvalue weighted by molar-refractivity contribution is 4.94. The normalized spacial score (nSPS) is 24.8. The van der Waals surface area contributed by atoms with E-state index in [0.29, 0.717) is 6.04 Å². The van der Waals surface area contributed by atoms with E-state index in [0.717, 1.165) is 26.1 Å². The summed E-state index contributed by atoms with van der Waals surface area (Å²) in [6.45, 7) is 8.89. The van der Waals surface area contributed by atoms with Crippen molar-refractivity contribution in [2.45, 2.75) is 52.0 Å². The van der Waals surface area contributed by atoms with Crippen LogP contribution in [0.1, 0.15) is 46.0 Å². The van der Waals surface area contributed by atoms with E-state index < -0.39 is 0 Å². The maximum absolute atomic E-state index is 9.10. The molecule has 0 heterocycles. The standard InChI is InChI=1S/C14H27N3/c1-3-10-17(4-2)11-9-16-14-8-6-5-7-13(14)12-15/h13-14,16H,3-11H2,1-2H3. The van der Waals surface area contributed by atoms with Crippen molar-refractivity contribution >= 4 is 0 Å². The predicted molar refractivity (Wildman–Crippen MR) is 71.8 cm³/mol. The van der Waals surface area contributed by atoms with Crippen molar-refractivity contribution in [3.05, 3.63) is 0 Å². The zero-order valence-corrected chi connectivity index (χ0v) is 11.4. The molecule has 0 bridgehead atoms. The lowest BCUT2D eigenvalue weighted by Gasteiger charge is -2.29. The summed E-state index contributed by atoms with van der Waals surface area (Å²) in [5, 5.41) is 12.7. The molecule has 0 spiro atoms. The van der Waals surface area contributed by atoms with Gasteiger partial charge in [0.2, 0.25) is 0 Å². The molecule has 17 heavy (non-hydrogen) atoms. The summed E-state index contributed by atoms with van der Waals surface area (Å²) in [7, 11) is 0. The van der Waals surface area contributed by atoms with Gasteiger partial charge in [0, 0.05) is 19.1 Å². The van der Waals surface area contributed by atoms with Gasteiger partial charge >= 0.3 is 0 Å². The fourth-order valence-corrected chi connectivity index (χ4v) is 2.68. The summed E-state index contributed by atoms with van der Waals surface area (Å²) < 4.78 is 0. The molecule has 0 aliphatic heterocycles. The molecule has 0 saturated heterocycles. The summed E-state index contributed by atoms with van der Waals surface area (Å²) in [5.41, 5.74) is 0. The Labute approximate surface area is 106 Å². The lowest BCUT2D eigenvalue weighted by Crippen LogP contribution is -2.42. The van der Waals surface area contributed by atoms with Gasteiger partial charge in [-0.25, -0.2) is 0 Å². The monoisotopic (exact) mass is 237 g/mol. The van der Waals surface area contributed by atoms with Crippen LogP contribution in [0, 0.1) is 17.2 Å². The number of nitriles is 1. The maximum Gasteiger partial charge on any atom is 0.0672 e. The molecular formula is C14H27N3. The van der Waals surface area contributed by atoms with Crippen LogP contribution in [0.5, 0.6) is 0 Å². The van der Waals surface area contributed by atoms with Crippen LogP contribution in [-0.4, -0.2) is 37.1 Å². The minimum absolute atomic E-state index is 0.241. The molecule has 0 radical (unpaired) electrons. The zero-order chi connectivity index (χ0) is 12.5. The summed E-state index contributed by atoms with van der Waals surface area (Å²) >= 11 is 0. The molecule has 2 atom stereocenters. The first-order valence-electron chi connectivity index (χ1n) is 7.17. The second-order valence-corrected chi connectivity index (χ2v) is 5.01. The van der Waals surface area contributed by atoms with E-state index >= 15 is 0 Å². The second-order valence-electron chi connectivity index (χ2n) is 5.01. The Morgan fingerprint density at radius 3 is 2.65 bits per heavy atom. The first kappa shape index (κ1) is 14.5. The van der Waals surface area contributed by atoms with E-state index in [-0.39, 0.29) is 5.92 Å². The highest BCUT2D eigenvalue weighted by Gasteiger charge is 2.24. The van der Waals surface area contributed by atoms with Crippen LogP contribution < -0.4 is 5.32 Å². The minimum atomic E-state index is 0.241. The summed E-state index contributed by atoms with van der Waals surface area (Å²) in [6.07, 6.45) is 5.99. The number of hydrogen-bond acceptors (Lipinski definition) is 3. The fourth-order valence-electron chi connectivity index (χ4n) is 2.68. The Hall–Kier alpha value is -0.590. The molecule has 1 N–H and O–H groups in total. The molecule has 0 aromatic heterocycles. The Bertz CT molecular complexity index is 234. The first-order chi connectivity index (χ1) is 8.31. The van der Waals surface area contributed by atoms with Crippen molar-refractivity contribution < 1.29 is 0 Å². The Morgan fingerprint density at radius 2 is 2.00 bits per heavy atom. The molecule has 1 saturated carbocycles. The van der Waals surface area contributed by atoms with E-state index in [4.69, 9.17) is 5.26 Å². The first-order valence-corrected chi connectivity index (χ1v) is 7.17. The molecule has 1 aliphatic rings. The zero-order valence-electron chi connectivity index (χ0n) is 11.4. The Kier molecular flexibility index (Phi) is 7.23. The molecule has 0 aromatic carbocycles. The van der Waals surface area contributed by atoms with Crippen LogP contribution in [0.15, 0.2) is 0 Å². The van der Waals surface area contributed by atoms with Crippen molar-refractivity contribution in [1.82, 2.24) is 10.2 Å². The average Bonchev–Trinajstić information content (AvgIpc) is 2.38. The van der Waals surface area contributed by atoms with E-state index in [1.54, 1.807) is 0 Å². The third-order valence-corrected chi connectivity index (χ3v) is 3.75. The lowest BCUT2D eigenvalue weighted by atomic mass is 9.85. The molecule has 3 nitrogen and oxygen atoms in total.